The fourth-order valence-electron chi connectivity index (χ4n) is 0.936. The second-order valence-corrected chi connectivity index (χ2v) is 3.90. The third-order valence-electron chi connectivity index (χ3n) is 1.65. The number of nitrogens with zero attached hydrogens (tertiary/aromatic N) is 1. The van der Waals surface area contributed by atoms with Gasteiger partial charge in [0.1, 0.15) is 0 Å². The van der Waals surface area contributed by atoms with Crippen LogP contribution in [0.5, 0.6) is 0 Å². The molecule has 0 bridgehead atoms. The van der Waals surface area contributed by atoms with E-state index < -0.39 is 23.1 Å². The molecule has 3 amide bonds. The summed E-state index contributed by atoms with van der Waals surface area (Å²) in [6.07, 6.45) is 2.21. The summed E-state index contributed by atoms with van der Waals surface area (Å²) in [4.78, 5) is 34.3. The van der Waals surface area contributed by atoms with Crippen LogP contribution in [0.15, 0.2) is 12.2 Å². The molecule has 0 atom stereocenters. The SMILES string of the molecule is CC(C)(C)C(=O)N1C(=O)C=CC1=O. The van der Waals surface area contributed by atoms with Crippen LogP contribution >= 0.6 is 0 Å². The number of carbonyl (C=O) groups is 3. The molecule has 0 saturated carbocycles. The highest BCUT2D eigenvalue weighted by atomic mass is 16.2. The Morgan fingerprint density at radius 3 is 1.85 bits per heavy atom. The smallest absolute Gasteiger partial charge is 0.260 e. The molecule has 0 aromatic carbocycles. The number of hydrogen-bond donors (Lipinski definition) is 0. The van der Waals surface area contributed by atoms with Gasteiger partial charge >= 0.3 is 0 Å². The van der Waals surface area contributed by atoms with Crippen LogP contribution in [0.25, 0.3) is 0 Å². The first-order chi connectivity index (χ1) is 5.84. The predicted octanol–water partition coefficient (Wildman–Crippen LogP) is 0.484. The second kappa shape index (κ2) is 2.80. The van der Waals surface area contributed by atoms with Crippen LogP contribution in [0.4, 0.5) is 0 Å². The molecule has 4 heteroatoms. The average molecular weight is 181 g/mol. The van der Waals surface area contributed by atoms with Crippen LogP contribution in [0.1, 0.15) is 20.8 Å². The quantitative estimate of drug-likeness (QED) is 0.511. The van der Waals surface area contributed by atoms with Gasteiger partial charge in [-0.05, 0) is 0 Å². The van der Waals surface area contributed by atoms with Crippen molar-refractivity contribution in [3.8, 4) is 0 Å². The van der Waals surface area contributed by atoms with Crippen molar-refractivity contribution < 1.29 is 14.4 Å². The minimum atomic E-state index is -0.711. The van der Waals surface area contributed by atoms with E-state index in [0.717, 1.165) is 12.2 Å². The lowest BCUT2D eigenvalue weighted by Crippen LogP contribution is -2.43. The van der Waals surface area contributed by atoms with Crippen molar-refractivity contribution in [2.24, 2.45) is 5.41 Å². The molecule has 13 heavy (non-hydrogen) atoms. The average Bonchev–Trinajstić information content (AvgIpc) is 2.28. The Balaban J connectivity index is 2.92. The summed E-state index contributed by atoms with van der Waals surface area (Å²) in [7, 11) is 0. The minimum Gasteiger partial charge on any atom is -0.273 e. The molecule has 0 radical (unpaired) electrons. The Bertz CT molecular complexity index is 291. The van der Waals surface area contributed by atoms with Crippen LogP contribution in [0.2, 0.25) is 0 Å². The first-order valence-electron chi connectivity index (χ1n) is 3.94. The number of hydrogen-bond acceptors (Lipinski definition) is 3. The fraction of sp³-hybridized carbons (Fsp3) is 0.444. The predicted molar refractivity (Wildman–Crippen MR) is 45.5 cm³/mol. The lowest BCUT2D eigenvalue weighted by Gasteiger charge is -2.22. The van der Waals surface area contributed by atoms with Crippen molar-refractivity contribution >= 4 is 17.7 Å². The molecule has 4 nitrogen and oxygen atoms in total. The highest BCUT2D eigenvalue weighted by molar-refractivity contribution is 6.23. The topological polar surface area (TPSA) is 54.5 Å². The summed E-state index contributed by atoms with van der Waals surface area (Å²) in [5, 5.41) is 0. The normalized spacial score (nSPS) is 17.0. The van der Waals surface area contributed by atoms with Gasteiger partial charge in [0.05, 0.1) is 0 Å². The summed E-state index contributed by atoms with van der Waals surface area (Å²) >= 11 is 0. The number of imide groups is 3. The molecule has 0 aliphatic carbocycles. The van der Waals surface area contributed by atoms with Gasteiger partial charge < -0.3 is 0 Å². The summed E-state index contributed by atoms with van der Waals surface area (Å²) in [5.74, 6) is -1.57. The molecule has 0 aromatic rings. The van der Waals surface area contributed by atoms with Gasteiger partial charge in [-0.25, -0.2) is 4.90 Å². The first kappa shape index (κ1) is 9.64. The molecule has 1 heterocycles. The lowest BCUT2D eigenvalue weighted by molar-refractivity contribution is -0.152. The summed E-state index contributed by atoms with van der Waals surface area (Å²) in [6, 6.07) is 0. The van der Waals surface area contributed by atoms with Gasteiger partial charge in [-0.3, -0.25) is 14.4 Å². The maximum Gasteiger partial charge on any atom is 0.260 e. The standard InChI is InChI=1S/C9H11NO3/c1-9(2,3)8(13)10-6(11)4-5-7(10)12/h4-5H,1-3H3. The molecule has 70 valence electrons. The van der Waals surface area contributed by atoms with Crippen molar-refractivity contribution in [2.75, 3.05) is 0 Å². The van der Waals surface area contributed by atoms with E-state index >= 15 is 0 Å². The van der Waals surface area contributed by atoms with Gasteiger partial charge in [-0.15, -0.1) is 0 Å². The van der Waals surface area contributed by atoms with E-state index in [1.54, 1.807) is 20.8 Å². The van der Waals surface area contributed by atoms with Crippen LogP contribution in [0, 0.1) is 5.41 Å². The number of amides is 3. The van der Waals surface area contributed by atoms with Crippen molar-refractivity contribution in [3.05, 3.63) is 12.2 Å². The third-order valence-corrected chi connectivity index (χ3v) is 1.65. The van der Waals surface area contributed by atoms with Crippen LogP contribution in [-0.4, -0.2) is 22.6 Å². The fourth-order valence-corrected chi connectivity index (χ4v) is 0.936. The summed E-state index contributed by atoms with van der Waals surface area (Å²) in [5.41, 5.74) is -0.711. The van der Waals surface area contributed by atoms with Gasteiger partial charge in [0, 0.05) is 17.6 Å². The van der Waals surface area contributed by atoms with Crippen molar-refractivity contribution in [1.29, 1.82) is 0 Å². The molecule has 0 unspecified atom stereocenters. The summed E-state index contributed by atoms with van der Waals surface area (Å²) in [6.45, 7) is 4.98. The molecular weight excluding hydrogens is 170 g/mol. The lowest BCUT2D eigenvalue weighted by atomic mass is 9.95. The van der Waals surface area contributed by atoms with Crippen molar-refractivity contribution in [1.82, 2.24) is 4.90 Å². The van der Waals surface area contributed by atoms with E-state index in [0.29, 0.717) is 4.90 Å². The molecule has 0 saturated heterocycles. The maximum atomic E-state index is 11.5. The number of carbonyl (C=O) groups excluding carboxylic acids is 3. The van der Waals surface area contributed by atoms with Crippen molar-refractivity contribution in [2.45, 2.75) is 20.8 Å². The van der Waals surface area contributed by atoms with E-state index in [1.807, 2.05) is 0 Å². The summed E-state index contributed by atoms with van der Waals surface area (Å²) < 4.78 is 0. The van der Waals surface area contributed by atoms with E-state index in [2.05, 4.69) is 0 Å². The highest BCUT2D eigenvalue weighted by Gasteiger charge is 2.36. The Labute approximate surface area is 76.2 Å². The molecular formula is C9H11NO3. The third kappa shape index (κ3) is 1.66. The minimum absolute atomic E-state index is 0.465. The molecule has 0 aromatic heterocycles. The maximum absolute atomic E-state index is 11.5. The Kier molecular flexibility index (Phi) is 2.07. The van der Waals surface area contributed by atoms with Gasteiger partial charge in [0.2, 0.25) is 5.91 Å². The van der Waals surface area contributed by atoms with Gasteiger partial charge in [0.15, 0.2) is 0 Å². The Morgan fingerprint density at radius 1 is 1.15 bits per heavy atom. The van der Waals surface area contributed by atoms with Gasteiger partial charge in [0.25, 0.3) is 11.8 Å². The van der Waals surface area contributed by atoms with Gasteiger partial charge in [-0.2, -0.15) is 0 Å². The van der Waals surface area contributed by atoms with E-state index in [1.165, 1.54) is 0 Å². The van der Waals surface area contributed by atoms with Crippen LogP contribution in [0.3, 0.4) is 0 Å². The molecule has 0 N–H and O–H groups in total. The van der Waals surface area contributed by atoms with Gasteiger partial charge in [-0.1, -0.05) is 20.8 Å². The zero-order chi connectivity index (χ0) is 10.2. The monoisotopic (exact) mass is 181 g/mol. The van der Waals surface area contributed by atoms with Crippen LogP contribution in [-0.2, 0) is 14.4 Å². The molecule has 1 rings (SSSR count). The van der Waals surface area contributed by atoms with Crippen molar-refractivity contribution in [3.63, 3.8) is 0 Å². The first-order valence-corrected chi connectivity index (χ1v) is 3.94. The second-order valence-electron chi connectivity index (χ2n) is 3.90. The molecule has 1 aliphatic rings. The Morgan fingerprint density at radius 2 is 1.54 bits per heavy atom. The van der Waals surface area contributed by atoms with E-state index in [4.69, 9.17) is 0 Å². The highest BCUT2D eigenvalue weighted by Crippen LogP contribution is 2.19. The number of rotatable bonds is 0. The largest absolute Gasteiger partial charge is 0.273 e. The molecule has 0 fully saturated rings. The molecule has 0 spiro atoms. The zero-order valence-corrected chi connectivity index (χ0v) is 7.83. The zero-order valence-electron chi connectivity index (χ0n) is 7.83. The van der Waals surface area contributed by atoms with E-state index in [-0.39, 0.29) is 0 Å². The van der Waals surface area contributed by atoms with E-state index in [9.17, 15) is 14.4 Å². The molecule has 1 aliphatic heterocycles. The Hall–Kier alpha value is -1.45. The van der Waals surface area contributed by atoms with Crippen LogP contribution < -0.4 is 0 Å².